The number of carbonyl (C=O) groups excluding carboxylic acids is 2. The van der Waals surface area contributed by atoms with Crippen LogP contribution in [0.4, 0.5) is 11.4 Å². The lowest BCUT2D eigenvalue weighted by Crippen LogP contribution is -2.14. The van der Waals surface area contributed by atoms with Crippen LogP contribution in [0.2, 0.25) is 0 Å². The quantitative estimate of drug-likeness (QED) is 0.525. The molecular formula is C25H24N2O4S. The Balaban J connectivity index is 1.74. The second-order valence-corrected chi connectivity index (χ2v) is 9.43. The molecule has 0 spiro atoms. The van der Waals surface area contributed by atoms with E-state index in [1.54, 1.807) is 18.2 Å². The second kappa shape index (κ2) is 9.62. The molecule has 0 unspecified atom stereocenters. The number of aryl methyl sites for hydroxylation is 1. The number of nitrogens with one attached hydrogen (secondary N) is 2. The van der Waals surface area contributed by atoms with Crippen molar-refractivity contribution in [3.05, 3.63) is 90.5 Å². The molecule has 2 N–H and O–H groups in total. The first-order valence-corrected chi connectivity index (χ1v) is 11.8. The molecule has 0 radical (unpaired) electrons. The second-order valence-electron chi connectivity index (χ2n) is 7.41. The van der Waals surface area contributed by atoms with Gasteiger partial charge in [0.05, 0.1) is 11.3 Å². The van der Waals surface area contributed by atoms with E-state index in [0.717, 1.165) is 28.5 Å². The maximum Gasteiger partial charge on any atom is 0.247 e. The molecule has 3 aromatic carbocycles. The van der Waals surface area contributed by atoms with Crippen molar-refractivity contribution < 1.29 is 18.0 Å². The highest BCUT2D eigenvalue weighted by molar-refractivity contribution is 7.90. The third kappa shape index (κ3) is 5.70. The predicted octanol–water partition coefficient (Wildman–Crippen LogP) is 4.37. The summed E-state index contributed by atoms with van der Waals surface area (Å²) in [7, 11) is -3.27. The van der Waals surface area contributed by atoms with Crippen molar-refractivity contribution >= 4 is 33.0 Å². The lowest BCUT2D eigenvalue weighted by Gasteiger charge is -2.14. The number of carbonyl (C=O) groups is 2. The zero-order valence-corrected chi connectivity index (χ0v) is 18.7. The van der Waals surface area contributed by atoms with Crippen LogP contribution in [0.3, 0.4) is 0 Å². The average molecular weight is 449 g/mol. The molecule has 0 atom stereocenters. The third-order valence-corrected chi connectivity index (χ3v) is 6.02. The Morgan fingerprint density at radius 1 is 0.938 bits per heavy atom. The largest absolute Gasteiger partial charge is 0.326 e. The van der Waals surface area contributed by atoms with Crippen LogP contribution in [0.1, 0.15) is 11.1 Å². The summed E-state index contributed by atoms with van der Waals surface area (Å²) in [6.45, 7) is 5.41. The van der Waals surface area contributed by atoms with E-state index in [9.17, 15) is 18.0 Å². The highest BCUT2D eigenvalue weighted by Crippen LogP contribution is 2.32. The van der Waals surface area contributed by atoms with Crippen molar-refractivity contribution in [2.75, 3.05) is 16.9 Å². The number of rotatable bonds is 7. The molecule has 7 heteroatoms. The molecule has 3 aromatic rings. The Morgan fingerprint density at radius 3 is 2.25 bits per heavy atom. The molecule has 0 aliphatic heterocycles. The molecule has 32 heavy (non-hydrogen) atoms. The zero-order valence-electron chi connectivity index (χ0n) is 17.9. The van der Waals surface area contributed by atoms with Gasteiger partial charge in [-0.25, -0.2) is 8.42 Å². The molecule has 2 amide bonds. The first kappa shape index (κ1) is 23.0. The fourth-order valence-electron chi connectivity index (χ4n) is 3.30. The van der Waals surface area contributed by atoms with E-state index in [-0.39, 0.29) is 23.1 Å². The predicted molar refractivity (Wildman–Crippen MR) is 127 cm³/mol. The molecule has 0 aliphatic rings. The number of hydrogen-bond acceptors (Lipinski definition) is 4. The van der Waals surface area contributed by atoms with Crippen molar-refractivity contribution in [2.24, 2.45) is 0 Å². The number of para-hydroxylation sites is 1. The molecule has 0 aliphatic carbocycles. The maximum atomic E-state index is 12.5. The summed E-state index contributed by atoms with van der Waals surface area (Å²) < 4.78 is 23.1. The number of sulfone groups is 1. The van der Waals surface area contributed by atoms with Crippen molar-refractivity contribution in [2.45, 2.75) is 18.2 Å². The first-order chi connectivity index (χ1) is 15.2. The van der Waals surface area contributed by atoms with Gasteiger partial charge in [0.15, 0.2) is 9.84 Å². The average Bonchev–Trinajstić information content (AvgIpc) is 2.74. The van der Waals surface area contributed by atoms with Gasteiger partial charge in [0.25, 0.3) is 0 Å². The minimum atomic E-state index is -3.27. The van der Waals surface area contributed by atoms with E-state index in [4.69, 9.17) is 0 Å². The van der Waals surface area contributed by atoms with Crippen LogP contribution in [0.5, 0.6) is 0 Å². The summed E-state index contributed by atoms with van der Waals surface area (Å²) in [6, 6.07) is 19.3. The lowest BCUT2D eigenvalue weighted by atomic mass is 9.98. The van der Waals surface area contributed by atoms with Crippen molar-refractivity contribution in [3.63, 3.8) is 0 Å². The first-order valence-electron chi connectivity index (χ1n) is 9.89. The van der Waals surface area contributed by atoms with Crippen LogP contribution in [-0.2, 0) is 25.8 Å². The molecule has 3 rings (SSSR count). The van der Waals surface area contributed by atoms with Crippen LogP contribution in [0.15, 0.2) is 84.3 Å². The minimum Gasteiger partial charge on any atom is -0.326 e. The van der Waals surface area contributed by atoms with Crippen LogP contribution in [0.25, 0.3) is 11.1 Å². The van der Waals surface area contributed by atoms with Gasteiger partial charge in [-0.2, -0.15) is 0 Å². The van der Waals surface area contributed by atoms with Gasteiger partial charge in [-0.1, -0.05) is 43.0 Å². The van der Waals surface area contributed by atoms with Crippen LogP contribution in [0, 0.1) is 6.92 Å². The topological polar surface area (TPSA) is 92.3 Å². The SMILES string of the molecule is C=CC(=O)Nc1ccccc1-c1ccc(NC(=O)Cc2ccc(S(C)(=O)=O)cc2)cc1C. The molecule has 6 nitrogen and oxygen atoms in total. The smallest absolute Gasteiger partial charge is 0.247 e. The molecule has 0 fully saturated rings. The standard InChI is InChI=1S/C25H24N2O4S/c1-4-24(28)27-23-8-6-5-7-22(23)21-14-11-19(15-17(21)2)26-25(29)16-18-9-12-20(13-10-18)32(3,30)31/h4-15H,1,16H2,2-3H3,(H,26,29)(H,27,28). The number of benzene rings is 3. The summed E-state index contributed by atoms with van der Waals surface area (Å²) in [6.07, 6.45) is 2.49. The molecule has 0 bridgehead atoms. The van der Waals surface area contributed by atoms with Gasteiger partial charge >= 0.3 is 0 Å². The Labute approximate surface area is 187 Å². The van der Waals surface area contributed by atoms with Gasteiger partial charge in [-0.15, -0.1) is 0 Å². The number of amides is 2. The van der Waals surface area contributed by atoms with Gasteiger partial charge in [-0.3, -0.25) is 9.59 Å². The Kier molecular flexibility index (Phi) is 6.90. The van der Waals surface area contributed by atoms with Gasteiger partial charge in [0, 0.05) is 23.2 Å². The monoisotopic (exact) mass is 448 g/mol. The van der Waals surface area contributed by atoms with E-state index in [0.29, 0.717) is 11.4 Å². The van der Waals surface area contributed by atoms with Gasteiger partial charge in [0.2, 0.25) is 11.8 Å². The highest BCUT2D eigenvalue weighted by Gasteiger charge is 2.12. The summed E-state index contributed by atoms with van der Waals surface area (Å²) in [4.78, 5) is 24.4. The van der Waals surface area contributed by atoms with E-state index < -0.39 is 9.84 Å². The maximum absolute atomic E-state index is 12.5. The highest BCUT2D eigenvalue weighted by atomic mass is 32.2. The van der Waals surface area contributed by atoms with Crippen LogP contribution < -0.4 is 10.6 Å². The molecule has 0 heterocycles. The Morgan fingerprint density at radius 2 is 1.62 bits per heavy atom. The van der Waals surface area contributed by atoms with Gasteiger partial charge in [-0.05, 0) is 60.0 Å². The minimum absolute atomic E-state index is 0.126. The third-order valence-electron chi connectivity index (χ3n) is 4.89. The molecule has 0 saturated carbocycles. The number of hydrogen-bond donors (Lipinski definition) is 2. The molecule has 164 valence electrons. The van der Waals surface area contributed by atoms with Crippen molar-refractivity contribution in [1.29, 1.82) is 0 Å². The fraction of sp³-hybridized carbons (Fsp3) is 0.120. The van der Waals surface area contributed by atoms with Gasteiger partial charge < -0.3 is 10.6 Å². The molecular weight excluding hydrogens is 424 g/mol. The van der Waals surface area contributed by atoms with Gasteiger partial charge in [0.1, 0.15) is 0 Å². The van der Waals surface area contributed by atoms with Crippen molar-refractivity contribution in [3.8, 4) is 11.1 Å². The summed E-state index contributed by atoms with van der Waals surface area (Å²) >= 11 is 0. The normalized spacial score (nSPS) is 10.9. The summed E-state index contributed by atoms with van der Waals surface area (Å²) in [5, 5.41) is 5.68. The van der Waals surface area contributed by atoms with E-state index >= 15 is 0 Å². The zero-order chi connectivity index (χ0) is 23.3. The Bertz CT molecular complexity index is 1280. The Hall–Kier alpha value is -3.71. The lowest BCUT2D eigenvalue weighted by molar-refractivity contribution is -0.115. The van der Waals surface area contributed by atoms with Crippen LogP contribution >= 0.6 is 0 Å². The van der Waals surface area contributed by atoms with Crippen molar-refractivity contribution in [1.82, 2.24) is 0 Å². The van der Waals surface area contributed by atoms with Crippen LogP contribution in [-0.4, -0.2) is 26.5 Å². The summed E-state index contributed by atoms with van der Waals surface area (Å²) in [5.74, 6) is -0.494. The summed E-state index contributed by atoms with van der Waals surface area (Å²) in [5.41, 5.74) is 4.77. The van der Waals surface area contributed by atoms with E-state index in [1.165, 1.54) is 18.2 Å². The van der Waals surface area contributed by atoms with E-state index in [2.05, 4.69) is 17.2 Å². The van der Waals surface area contributed by atoms with E-state index in [1.807, 2.05) is 43.3 Å². The fourth-order valence-corrected chi connectivity index (χ4v) is 3.93. The molecule has 0 saturated heterocycles. The molecule has 0 aromatic heterocycles. The number of anilines is 2.